The molecule has 0 spiro atoms. The topological polar surface area (TPSA) is 202 Å². The van der Waals surface area contributed by atoms with Gasteiger partial charge in [-0.3, -0.25) is 18.9 Å². The lowest BCUT2D eigenvalue weighted by Crippen LogP contribution is -2.24. The average Bonchev–Trinajstić information content (AvgIpc) is 2.99. The summed E-state index contributed by atoms with van der Waals surface area (Å²) in [6, 6.07) is 17.1. The lowest BCUT2D eigenvalue weighted by molar-refractivity contribution is 0.102. The maximum Gasteiger partial charge on any atom is 0.294 e. The molecule has 12 nitrogen and oxygen atoms in total. The zero-order valence-electron chi connectivity index (χ0n) is 21.9. The number of nitrogens with one attached hydrogen (secondary N) is 2. The maximum atomic E-state index is 13.9. The highest BCUT2D eigenvalue weighted by Gasteiger charge is 2.33. The molecule has 0 bridgehead atoms. The van der Waals surface area contributed by atoms with Gasteiger partial charge in [-0.2, -0.15) is 8.42 Å². The Hall–Kier alpha value is -4.96. The van der Waals surface area contributed by atoms with Gasteiger partial charge in [0.2, 0.25) is 0 Å². The van der Waals surface area contributed by atoms with Crippen molar-refractivity contribution in [1.29, 1.82) is 0 Å². The zero-order valence-corrected chi connectivity index (χ0v) is 24.5. The number of hydrogen-bond donors (Lipinski definition) is 5. The summed E-state index contributed by atoms with van der Waals surface area (Å²) in [7, 11) is -11.0. The summed E-state index contributed by atoms with van der Waals surface area (Å²) >= 11 is 0. The number of aromatic nitrogens is 1. The van der Waals surface area contributed by atoms with E-state index >= 15 is 0 Å². The summed E-state index contributed by atoms with van der Waals surface area (Å²) in [4.78, 5) is 42.7. The van der Waals surface area contributed by atoms with Gasteiger partial charge < -0.3 is 10.3 Å². The van der Waals surface area contributed by atoms with E-state index in [-0.39, 0.29) is 59.9 Å². The van der Waals surface area contributed by atoms with Crippen molar-refractivity contribution in [3.63, 3.8) is 0 Å². The lowest BCUT2D eigenvalue weighted by Gasteiger charge is -2.24. The van der Waals surface area contributed by atoms with Crippen LogP contribution in [0, 0.1) is 0 Å². The highest BCUT2D eigenvalue weighted by Crippen LogP contribution is 2.44. The third kappa shape index (κ3) is 4.81. The number of pyridine rings is 1. The highest BCUT2D eigenvalue weighted by atomic mass is 32.2. The van der Waals surface area contributed by atoms with Crippen LogP contribution in [0.15, 0.2) is 98.3 Å². The first-order chi connectivity index (χ1) is 20.9. The molecule has 0 saturated carbocycles. The van der Waals surface area contributed by atoms with Crippen molar-refractivity contribution in [3.8, 4) is 11.1 Å². The van der Waals surface area contributed by atoms with Crippen LogP contribution in [-0.2, 0) is 31.5 Å². The van der Waals surface area contributed by atoms with Crippen molar-refractivity contribution in [2.24, 2.45) is 0 Å². The highest BCUT2D eigenvalue weighted by molar-refractivity contribution is 7.85. The molecule has 4 aromatic carbocycles. The number of H-pyrrole nitrogens is 1. The smallest absolute Gasteiger partial charge is 0.294 e. The van der Waals surface area contributed by atoms with E-state index in [0.717, 1.165) is 18.2 Å². The van der Waals surface area contributed by atoms with Crippen molar-refractivity contribution in [2.45, 2.75) is 14.7 Å². The Morgan fingerprint density at radius 3 is 2.16 bits per heavy atom. The zero-order chi connectivity index (χ0) is 31.5. The van der Waals surface area contributed by atoms with Gasteiger partial charge in [0, 0.05) is 27.6 Å². The van der Waals surface area contributed by atoms with Gasteiger partial charge in [-0.25, -0.2) is 16.8 Å². The minimum absolute atomic E-state index is 0.000704. The molecule has 15 heteroatoms. The fraction of sp³-hybridized carbons (Fsp3) is 0. The number of carbonyl (C=O) groups excluding carboxylic acids is 2. The molecule has 0 aliphatic heterocycles. The molecule has 3 N–H and O–H groups in total. The first-order valence-corrected chi connectivity index (χ1v) is 16.4. The second kappa shape index (κ2) is 10.6. The van der Waals surface area contributed by atoms with Crippen LogP contribution in [0.3, 0.4) is 0 Å². The molecule has 1 heterocycles. The maximum absolute atomic E-state index is 13.9. The van der Waals surface area contributed by atoms with Crippen molar-refractivity contribution in [1.82, 2.24) is 4.98 Å². The monoisotopic (exact) mass is 650 g/mol. The van der Waals surface area contributed by atoms with Crippen LogP contribution in [0.5, 0.6) is 0 Å². The van der Waals surface area contributed by atoms with E-state index in [2.05, 4.69) is 10.3 Å². The van der Waals surface area contributed by atoms with E-state index < -0.39 is 59.1 Å². The quantitative estimate of drug-likeness (QED) is 0.0966. The molecule has 1 aliphatic carbocycles. The van der Waals surface area contributed by atoms with Gasteiger partial charge in [0.15, 0.2) is 33.0 Å². The predicted molar refractivity (Wildman–Crippen MR) is 160 cm³/mol. The van der Waals surface area contributed by atoms with E-state index in [0.29, 0.717) is 0 Å². The minimum Gasteiger partial charge on any atom is -0.354 e. The fourth-order valence-electron chi connectivity index (χ4n) is 5.23. The van der Waals surface area contributed by atoms with Crippen LogP contribution in [0.2, 0.25) is 0 Å². The minimum atomic E-state index is -4.67. The third-order valence-electron chi connectivity index (χ3n) is 7.13. The molecule has 222 valence electrons. The first kappa shape index (κ1) is 29.1. The molecule has 0 atom stereocenters. The Balaban J connectivity index is 1.65. The second-order valence-corrected chi connectivity index (χ2v) is 13.1. The standard InChI is InChI=1S/C29H18N2O10S3/c32-27(14-4-3-5-16(12-14)44(39,40)41)26-23-17-6-1-2-7-18(17)28(33)25-21(11-10-20(24(23)25)31-29(26)34)30-19-9-8-15(42(35)36)13-22(19)43(37)38/h1-13,30,42-43H,(H,31,34)(H,39,40,41). The van der Waals surface area contributed by atoms with Crippen LogP contribution in [0.25, 0.3) is 22.0 Å². The normalized spacial score (nSPS) is 12.5. The first-order valence-electron chi connectivity index (χ1n) is 12.6. The molecule has 1 aromatic heterocycles. The SMILES string of the molecule is O=C(c1cccc(S(=O)(=O)O)c1)c1c2c3c(c(Nc4ccc([SH](=O)=O)cc4[SH](=O)=O)ccc3[nH]c1=O)C(=O)c1ccccc1-2. The molecule has 5 aromatic rings. The largest absolute Gasteiger partial charge is 0.354 e. The Morgan fingerprint density at radius 1 is 0.773 bits per heavy atom. The summed E-state index contributed by atoms with van der Waals surface area (Å²) in [6.07, 6.45) is 0. The van der Waals surface area contributed by atoms with Gasteiger partial charge in [0.1, 0.15) is 0 Å². The molecular formula is C29H18N2O10S3. The Morgan fingerprint density at radius 2 is 1.48 bits per heavy atom. The van der Waals surface area contributed by atoms with Crippen molar-refractivity contribution in [2.75, 3.05) is 5.32 Å². The van der Waals surface area contributed by atoms with Gasteiger partial charge in [0.05, 0.1) is 37.2 Å². The summed E-state index contributed by atoms with van der Waals surface area (Å²) in [5.41, 5.74) is -0.669. The fourth-order valence-corrected chi connectivity index (χ4v) is 6.86. The number of anilines is 2. The van der Waals surface area contributed by atoms with Crippen molar-refractivity contribution < 1.29 is 39.4 Å². The number of aromatic amines is 1. The van der Waals surface area contributed by atoms with Crippen LogP contribution in [0.4, 0.5) is 11.4 Å². The molecule has 44 heavy (non-hydrogen) atoms. The Kier molecular flexibility index (Phi) is 7.04. The molecule has 0 amide bonds. The van der Waals surface area contributed by atoms with E-state index in [1.54, 1.807) is 18.2 Å². The van der Waals surface area contributed by atoms with Crippen molar-refractivity contribution >= 4 is 65.4 Å². The molecule has 0 fully saturated rings. The second-order valence-electron chi connectivity index (χ2n) is 9.66. The number of hydrogen-bond acceptors (Lipinski definition) is 10. The number of ketones is 2. The van der Waals surface area contributed by atoms with Gasteiger partial charge in [-0.1, -0.05) is 36.4 Å². The molecule has 6 rings (SSSR count). The van der Waals surface area contributed by atoms with Crippen LogP contribution < -0.4 is 10.9 Å². The van der Waals surface area contributed by atoms with E-state index in [1.807, 2.05) is 0 Å². The number of thiol groups is 2. The van der Waals surface area contributed by atoms with Gasteiger partial charge in [-0.15, -0.1) is 0 Å². The summed E-state index contributed by atoms with van der Waals surface area (Å²) in [5, 5.41) is 3.07. The third-order valence-corrected chi connectivity index (χ3v) is 9.44. The lowest BCUT2D eigenvalue weighted by atomic mass is 9.80. The number of rotatable bonds is 7. The van der Waals surface area contributed by atoms with E-state index in [9.17, 15) is 44.2 Å². The Labute approximate surface area is 251 Å². The number of benzene rings is 4. The number of fused-ring (bicyclic) bond motifs is 2. The van der Waals surface area contributed by atoms with E-state index in [1.165, 1.54) is 42.5 Å². The average molecular weight is 651 g/mol. The van der Waals surface area contributed by atoms with Gasteiger partial charge in [-0.05, 0) is 48.0 Å². The molecular weight excluding hydrogens is 633 g/mol. The van der Waals surface area contributed by atoms with E-state index in [4.69, 9.17) is 0 Å². The van der Waals surface area contributed by atoms with Gasteiger partial charge in [0.25, 0.3) is 15.7 Å². The molecule has 1 aliphatic rings. The van der Waals surface area contributed by atoms with Gasteiger partial charge >= 0.3 is 0 Å². The molecule has 0 saturated heterocycles. The number of carbonyl (C=O) groups is 2. The van der Waals surface area contributed by atoms with Crippen molar-refractivity contribution in [3.05, 3.63) is 111 Å². The van der Waals surface area contributed by atoms with Crippen LogP contribution in [0.1, 0.15) is 31.8 Å². The van der Waals surface area contributed by atoms with Crippen LogP contribution in [-0.4, -0.2) is 46.4 Å². The predicted octanol–water partition coefficient (Wildman–Crippen LogP) is 2.90. The summed E-state index contributed by atoms with van der Waals surface area (Å²) < 4.78 is 79.9. The molecule has 0 unspecified atom stereocenters. The summed E-state index contributed by atoms with van der Waals surface area (Å²) in [6.45, 7) is 0. The Bertz CT molecular complexity index is 2430. The van der Waals surface area contributed by atoms with Crippen LogP contribution >= 0.6 is 0 Å². The summed E-state index contributed by atoms with van der Waals surface area (Å²) in [5.74, 6) is -1.39. The molecule has 0 radical (unpaired) electrons.